The number of hydrazone groups is 1. The van der Waals surface area contributed by atoms with Gasteiger partial charge in [0.15, 0.2) is 0 Å². The molecule has 1 atom stereocenters. The van der Waals surface area contributed by atoms with Crippen LogP contribution < -0.4 is 0 Å². The van der Waals surface area contributed by atoms with Crippen LogP contribution in [-0.4, -0.2) is 35.1 Å². The van der Waals surface area contributed by atoms with Crippen molar-refractivity contribution in [3.05, 3.63) is 106 Å². The smallest absolute Gasteiger partial charge is 0.257 e. The highest BCUT2D eigenvalue weighted by Crippen LogP contribution is 2.35. The molecule has 0 N–H and O–H groups in total. The second-order valence-corrected chi connectivity index (χ2v) is 8.50. The van der Waals surface area contributed by atoms with E-state index >= 15 is 0 Å². The Labute approximate surface area is 189 Å². The summed E-state index contributed by atoms with van der Waals surface area (Å²) in [4.78, 5) is 15.3. The second-order valence-electron chi connectivity index (χ2n) is 8.50. The fourth-order valence-corrected chi connectivity index (χ4v) is 4.19. The first-order valence-electron chi connectivity index (χ1n) is 10.9. The van der Waals surface area contributed by atoms with E-state index in [-0.39, 0.29) is 18.3 Å². The monoisotopic (exact) mass is 429 g/mol. The number of halogens is 1. The van der Waals surface area contributed by atoms with E-state index in [1.54, 1.807) is 18.2 Å². The van der Waals surface area contributed by atoms with Gasteiger partial charge in [-0.1, -0.05) is 66.2 Å². The Morgan fingerprint density at radius 2 is 1.78 bits per heavy atom. The van der Waals surface area contributed by atoms with Gasteiger partial charge >= 0.3 is 0 Å². The van der Waals surface area contributed by atoms with Crippen molar-refractivity contribution >= 4 is 11.6 Å². The van der Waals surface area contributed by atoms with E-state index < -0.39 is 6.04 Å². The van der Waals surface area contributed by atoms with E-state index in [0.29, 0.717) is 18.5 Å². The van der Waals surface area contributed by atoms with Crippen LogP contribution in [0.3, 0.4) is 0 Å². The first-order chi connectivity index (χ1) is 15.4. The SMILES string of the molecule is Cc1ccc(C)c(C2=NN(C(=O)CN(C)Cc3ccccc3)[C@@H](c3ccccc3F)C2)c1. The van der Waals surface area contributed by atoms with Crippen LogP contribution in [0.25, 0.3) is 0 Å². The van der Waals surface area contributed by atoms with E-state index in [4.69, 9.17) is 5.10 Å². The Bertz CT molecular complexity index is 1140. The maximum Gasteiger partial charge on any atom is 0.257 e. The summed E-state index contributed by atoms with van der Waals surface area (Å²) in [6, 6.07) is 22.4. The molecule has 0 unspecified atom stereocenters. The number of amides is 1. The number of rotatable bonds is 6. The molecule has 0 aromatic heterocycles. The van der Waals surface area contributed by atoms with E-state index in [1.807, 2.05) is 56.1 Å². The van der Waals surface area contributed by atoms with Crippen LogP contribution in [0, 0.1) is 19.7 Å². The highest BCUT2D eigenvalue weighted by Gasteiger charge is 2.35. The van der Waals surface area contributed by atoms with Crippen molar-refractivity contribution < 1.29 is 9.18 Å². The Kier molecular flexibility index (Phi) is 6.47. The molecule has 0 radical (unpaired) electrons. The molecule has 32 heavy (non-hydrogen) atoms. The third-order valence-electron chi connectivity index (χ3n) is 5.83. The first kappa shape index (κ1) is 21.9. The Balaban J connectivity index is 1.61. The van der Waals surface area contributed by atoms with Crippen LogP contribution >= 0.6 is 0 Å². The van der Waals surface area contributed by atoms with Crippen molar-refractivity contribution in [3.8, 4) is 0 Å². The molecular formula is C27H28FN3O. The Morgan fingerprint density at radius 3 is 2.53 bits per heavy atom. The summed E-state index contributed by atoms with van der Waals surface area (Å²) >= 11 is 0. The quantitative estimate of drug-likeness (QED) is 0.536. The van der Waals surface area contributed by atoms with E-state index in [9.17, 15) is 9.18 Å². The zero-order chi connectivity index (χ0) is 22.7. The maximum atomic E-state index is 14.7. The van der Waals surface area contributed by atoms with Gasteiger partial charge in [-0.15, -0.1) is 0 Å². The Hall–Kier alpha value is -3.31. The minimum absolute atomic E-state index is 0.142. The van der Waals surface area contributed by atoms with Gasteiger partial charge in [0.05, 0.1) is 18.3 Å². The molecule has 1 heterocycles. The summed E-state index contributed by atoms with van der Waals surface area (Å²) in [5.74, 6) is -0.456. The lowest BCUT2D eigenvalue weighted by molar-refractivity contribution is -0.134. The number of hydrogen-bond acceptors (Lipinski definition) is 3. The van der Waals surface area contributed by atoms with E-state index in [2.05, 4.69) is 18.2 Å². The minimum Gasteiger partial charge on any atom is -0.293 e. The average Bonchev–Trinajstić information content (AvgIpc) is 3.21. The molecule has 0 spiro atoms. The summed E-state index contributed by atoms with van der Waals surface area (Å²) in [6.07, 6.45) is 0.485. The van der Waals surface area contributed by atoms with Crippen LogP contribution in [0.15, 0.2) is 77.9 Å². The van der Waals surface area contributed by atoms with Crippen molar-refractivity contribution in [1.82, 2.24) is 9.91 Å². The lowest BCUT2D eigenvalue weighted by atomic mass is 9.95. The normalized spacial score (nSPS) is 15.8. The summed E-state index contributed by atoms with van der Waals surface area (Å²) < 4.78 is 14.7. The van der Waals surface area contributed by atoms with Gasteiger partial charge in [-0.3, -0.25) is 9.69 Å². The predicted molar refractivity (Wildman–Crippen MR) is 126 cm³/mol. The molecule has 4 rings (SSSR count). The van der Waals surface area contributed by atoms with E-state index in [1.165, 1.54) is 11.1 Å². The molecular weight excluding hydrogens is 401 g/mol. The zero-order valence-electron chi connectivity index (χ0n) is 18.8. The molecule has 0 saturated heterocycles. The second kappa shape index (κ2) is 9.45. The third-order valence-corrected chi connectivity index (χ3v) is 5.83. The third kappa shape index (κ3) is 4.78. The highest BCUT2D eigenvalue weighted by atomic mass is 19.1. The van der Waals surface area contributed by atoms with Crippen LogP contribution in [-0.2, 0) is 11.3 Å². The van der Waals surface area contributed by atoms with Gasteiger partial charge in [0.1, 0.15) is 5.82 Å². The van der Waals surface area contributed by atoms with Crippen molar-refractivity contribution in [3.63, 3.8) is 0 Å². The van der Waals surface area contributed by atoms with Crippen molar-refractivity contribution in [1.29, 1.82) is 0 Å². The number of carbonyl (C=O) groups excluding carboxylic acids is 1. The molecule has 0 fully saturated rings. The molecule has 0 bridgehead atoms. The average molecular weight is 430 g/mol. The maximum absolute atomic E-state index is 14.7. The molecule has 1 aliphatic rings. The topological polar surface area (TPSA) is 35.9 Å². The van der Waals surface area contributed by atoms with Crippen LogP contribution in [0.1, 0.15) is 40.3 Å². The number of likely N-dealkylation sites (N-methyl/N-ethyl adjacent to an activating group) is 1. The molecule has 0 saturated carbocycles. The van der Waals surface area contributed by atoms with Gasteiger partial charge in [-0.05, 0) is 44.2 Å². The van der Waals surface area contributed by atoms with Gasteiger partial charge in [0, 0.05) is 24.1 Å². The van der Waals surface area contributed by atoms with Crippen molar-refractivity contribution in [2.75, 3.05) is 13.6 Å². The molecule has 5 heteroatoms. The van der Waals surface area contributed by atoms with Crippen molar-refractivity contribution in [2.45, 2.75) is 32.9 Å². The van der Waals surface area contributed by atoms with Crippen molar-refractivity contribution in [2.24, 2.45) is 5.10 Å². The number of aryl methyl sites for hydroxylation is 2. The number of carbonyl (C=O) groups is 1. The van der Waals surface area contributed by atoms with Crippen LogP contribution in [0.5, 0.6) is 0 Å². The molecule has 0 aliphatic carbocycles. The van der Waals surface area contributed by atoms with Gasteiger partial charge in [-0.2, -0.15) is 5.10 Å². The molecule has 1 aliphatic heterocycles. The lowest BCUT2D eigenvalue weighted by Gasteiger charge is -2.25. The summed E-state index contributed by atoms with van der Waals surface area (Å²) in [7, 11) is 1.91. The largest absolute Gasteiger partial charge is 0.293 e. The van der Waals surface area contributed by atoms with Gasteiger partial charge in [0.2, 0.25) is 0 Å². The summed E-state index contributed by atoms with van der Waals surface area (Å²) in [5, 5.41) is 6.21. The minimum atomic E-state index is -0.455. The molecule has 164 valence electrons. The van der Waals surface area contributed by atoms with Crippen LogP contribution in [0.4, 0.5) is 4.39 Å². The standard InChI is InChI=1S/C27H28FN3O/c1-19-13-14-20(2)23(15-19)25-16-26(22-11-7-8-12-24(22)28)31(29-25)27(32)18-30(3)17-21-9-5-4-6-10-21/h4-15,26H,16-18H2,1-3H3/t26-/m1/s1. The van der Waals surface area contributed by atoms with Crippen LogP contribution in [0.2, 0.25) is 0 Å². The molecule has 4 nitrogen and oxygen atoms in total. The van der Waals surface area contributed by atoms with Gasteiger partial charge in [0.25, 0.3) is 5.91 Å². The lowest BCUT2D eigenvalue weighted by Crippen LogP contribution is -2.36. The van der Waals surface area contributed by atoms with Gasteiger partial charge in [-0.25, -0.2) is 9.40 Å². The molecule has 1 amide bonds. The number of hydrogen-bond donors (Lipinski definition) is 0. The number of nitrogens with zero attached hydrogens (tertiary/aromatic N) is 3. The first-order valence-corrected chi connectivity index (χ1v) is 10.9. The molecule has 3 aromatic rings. The number of benzene rings is 3. The fraction of sp³-hybridized carbons (Fsp3) is 0.259. The highest BCUT2D eigenvalue weighted by molar-refractivity contribution is 6.04. The van der Waals surface area contributed by atoms with Gasteiger partial charge < -0.3 is 0 Å². The fourth-order valence-electron chi connectivity index (χ4n) is 4.19. The molecule has 3 aromatic carbocycles. The summed E-state index contributed by atoms with van der Waals surface area (Å²) in [5.41, 5.74) is 5.68. The summed E-state index contributed by atoms with van der Waals surface area (Å²) in [6.45, 7) is 4.92. The Morgan fingerprint density at radius 1 is 1.06 bits per heavy atom. The van der Waals surface area contributed by atoms with E-state index in [0.717, 1.165) is 28.0 Å². The predicted octanol–water partition coefficient (Wildman–Crippen LogP) is 5.25. The zero-order valence-corrected chi connectivity index (χ0v) is 18.8.